The molecule has 10 atom stereocenters. The number of benzene rings is 1. The van der Waals surface area contributed by atoms with Gasteiger partial charge in [0, 0.05) is 38.7 Å². The Balaban J connectivity index is 1.14. The quantitative estimate of drug-likeness (QED) is 0.0289. The number of guanidine groups is 2. The van der Waals surface area contributed by atoms with Crippen molar-refractivity contribution in [3.05, 3.63) is 47.5 Å². The van der Waals surface area contributed by atoms with Gasteiger partial charge >= 0.3 is 6.09 Å². The minimum atomic E-state index is -0.671. The fourth-order valence-corrected chi connectivity index (χ4v) is 12.2. The van der Waals surface area contributed by atoms with E-state index in [1.807, 2.05) is 30.3 Å². The molecule has 0 aromatic heterocycles. The molecular formula is C50H83N11O4. The Kier molecular flexibility index (Phi) is 19.5. The van der Waals surface area contributed by atoms with Crippen molar-refractivity contribution in [1.82, 2.24) is 21.3 Å². The number of rotatable bonds is 24. The molecule has 3 amide bonds. The van der Waals surface area contributed by atoms with Crippen LogP contribution < -0.4 is 44.2 Å². The number of hydrogen-bond acceptors (Lipinski definition) is 8. The Bertz CT molecular complexity index is 1810. The third-order valence-electron chi connectivity index (χ3n) is 15.5. The molecule has 0 heterocycles. The van der Waals surface area contributed by atoms with E-state index < -0.39 is 18.2 Å². The Morgan fingerprint density at radius 2 is 1.57 bits per heavy atom. The Morgan fingerprint density at radius 1 is 0.846 bits per heavy atom. The van der Waals surface area contributed by atoms with Crippen molar-refractivity contribution in [1.29, 1.82) is 0 Å². The summed E-state index contributed by atoms with van der Waals surface area (Å²) in [5.41, 5.74) is 24.7. The molecule has 1 aromatic carbocycles. The number of ether oxygens (including phenoxy) is 1. The van der Waals surface area contributed by atoms with Gasteiger partial charge < -0.3 is 48.9 Å². The number of nitrogens with zero attached hydrogens (tertiary/aromatic N) is 3. The minimum absolute atomic E-state index is 0.0480. The summed E-state index contributed by atoms with van der Waals surface area (Å²) in [5.74, 6) is 4.10. The van der Waals surface area contributed by atoms with Crippen LogP contribution in [-0.2, 0) is 20.7 Å². The van der Waals surface area contributed by atoms with Crippen molar-refractivity contribution < 1.29 is 19.1 Å². The van der Waals surface area contributed by atoms with Crippen molar-refractivity contribution in [2.45, 2.75) is 143 Å². The zero-order chi connectivity index (χ0) is 47.0. The lowest BCUT2D eigenvalue weighted by atomic mass is 9.47. The van der Waals surface area contributed by atoms with Crippen molar-refractivity contribution in [3.8, 4) is 0 Å². The zero-order valence-electron chi connectivity index (χ0n) is 40.2. The molecule has 65 heavy (non-hydrogen) atoms. The van der Waals surface area contributed by atoms with Gasteiger partial charge in [-0.15, -0.1) is 0 Å². The maximum Gasteiger partial charge on any atom is 0.407 e. The third kappa shape index (κ3) is 14.9. The Labute approximate surface area is 389 Å². The predicted molar refractivity (Wildman–Crippen MR) is 262 cm³/mol. The van der Waals surface area contributed by atoms with Gasteiger partial charge in [0.1, 0.15) is 6.10 Å². The van der Waals surface area contributed by atoms with Crippen molar-refractivity contribution in [2.24, 2.45) is 84.2 Å². The van der Waals surface area contributed by atoms with E-state index in [2.05, 4.69) is 76.9 Å². The summed E-state index contributed by atoms with van der Waals surface area (Å²) in [6, 6.07) is 8.91. The van der Waals surface area contributed by atoms with E-state index in [1.54, 1.807) is 6.21 Å². The van der Waals surface area contributed by atoms with Gasteiger partial charge in [-0.2, -0.15) is 0 Å². The first-order chi connectivity index (χ1) is 31.1. The van der Waals surface area contributed by atoms with Crippen LogP contribution >= 0.6 is 0 Å². The highest BCUT2D eigenvalue weighted by Crippen LogP contribution is 2.67. The van der Waals surface area contributed by atoms with Crippen LogP contribution in [-0.4, -0.2) is 93.5 Å². The molecule has 4 aliphatic rings. The molecule has 1 aromatic rings. The van der Waals surface area contributed by atoms with Gasteiger partial charge in [0.25, 0.3) is 0 Å². The topological polar surface area (TPSA) is 250 Å². The van der Waals surface area contributed by atoms with Gasteiger partial charge in [-0.1, -0.05) is 95.9 Å². The summed E-state index contributed by atoms with van der Waals surface area (Å²) >= 11 is 0. The second kappa shape index (κ2) is 24.7. The summed E-state index contributed by atoms with van der Waals surface area (Å²) in [6.45, 7) is 14.1. The maximum absolute atomic E-state index is 13.6. The SMILES string of the molecule is CC(C)CCCC(C)C1CCC2C3CC=C4CC(OC(=O)NC(C=NCCNC(CCC(=O)NCCN=C(N)N)C(=O)NCCN=C(N)N)Cc5ccccc5)CCC4(C)C3CCC12C. The molecule has 12 N–H and O–H groups in total. The number of alkyl carbamates (subject to hydrolysis) is 1. The highest BCUT2D eigenvalue weighted by molar-refractivity contribution is 5.83. The average Bonchev–Trinajstić information content (AvgIpc) is 3.62. The van der Waals surface area contributed by atoms with Crippen LogP contribution in [0.4, 0.5) is 4.79 Å². The number of amides is 3. The summed E-state index contributed by atoms with van der Waals surface area (Å²) in [5, 5.41) is 11.9. The second-order valence-electron chi connectivity index (χ2n) is 20.4. The highest BCUT2D eigenvalue weighted by Gasteiger charge is 2.59. The molecule has 10 unspecified atom stereocenters. The summed E-state index contributed by atoms with van der Waals surface area (Å²) in [4.78, 5) is 51.7. The van der Waals surface area contributed by atoms with E-state index in [-0.39, 0.29) is 74.3 Å². The van der Waals surface area contributed by atoms with Crippen molar-refractivity contribution >= 4 is 36.0 Å². The van der Waals surface area contributed by atoms with E-state index in [9.17, 15) is 14.4 Å². The van der Waals surface area contributed by atoms with Crippen molar-refractivity contribution in [2.75, 3.05) is 39.3 Å². The largest absolute Gasteiger partial charge is 0.446 e. The van der Waals surface area contributed by atoms with Crippen LogP contribution in [0.2, 0.25) is 0 Å². The normalized spacial score (nSPS) is 27.2. The lowest BCUT2D eigenvalue weighted by Crippen LogP contribution is -2.51. The molecule has 0 aliphatic heterocycles. The fourth-order valence-electron chi connectivity index (χ4n) is 12.2. The molecule has 3 fully saturated rings. The number of aliphatic imine (C=N–C) groups is 3. The smallest absolute Gasteiger partial charge is 0.407 e. The molecule has 4 aliphatic carbocycles. The van der Waals surface area contributed by atoms with E-state index in [1.165, 1.54) is 50.5 Å². The summed E-state index contributed by atoms with van der Waals surface area (Å²) in [7, 11) is 0. The molecule has 15 heteroatoms. The number of carbonyl (C=O) groups is 3. The first-order valence-corrected chi connectivity index (χ1v) is 24.7. The maximum atomic E-state index is 13.6. The number of fused-ring (bicyclic) bond motifs is 5. The Hall–Kier alpha value is -4.66. The summed E-state index contributed by atoms with van der Waals surface area (Å²) < 4.78 is 6.21. The van der Waals surface area contributed by atoms with Crippen LogP contribution in [0.5, 0.6) is 0 Å². The minimum Gasteiger partial charge on any atom is -0.446 e. The third-order valence-corrected chi connectivity index (χ3v) is 15.5. The van der Waals surface area contributed by atoms with Crippen LogP contribution in [0.15, 0.2) is 57.0 Å². The van der Waals surface area contributed by atoms with Gasteiger partial charge in [-0.25, -0.2) is 4.79 Å². The number of nitrogens with one attached hydrogen (secondary N) is 4. The average molecular weight is 902 g/mol. The molecule has 0 radical (unpaired) electrons. The molecule has 5 rings (SSSR count). The molecule has 3 saturated carbocycles. The number of nitrogens with two attached hydrogens (primary N) is 4. The Morgan fingerprint density at radius 3 is 2.28 bits per heavy atom. The van der Waals surface area contributed by atoms with Gasteiger partial charge in [-0.3, -0.25) is 24.6 Å². The number of allylic oxidation sites excluding steroid dienone is 1. The van der Waals surface area contributed by atoms with E-state index in [0.29, 0.717) is 30.8 Å². The molecule has 0 spiro atoms. The fraction of sp³-hybridized carbons (Fsp3) is 0.720. The summed E-state index contributed by atoms with van der Waals surface area (Å²) in [6.07, 6.45) is 18.0. The van der Waals surface area contributed by atoms with Gasteiger partial charge in [0.15, 0.2) is 11.9 Å². The van der Waals surface area contributed by atoms with E-state index in [4.69, 9.17) is 27.7 Å². The van der Waals surface area contributed by atoms with Crippen LogP contribution in [0.25, 0.3) is 0 Å². The van der Waals surface area contributed by atoms with Gasteiger partial charge in [0.05, 0.1) is 31.7 Å². The lowest BCUT2D eigenvalue weighted by molar-refractivity contribution is -0.124. The molecule has 0 bridgehead atoms. The highest BCUT2D eigenvalue weighted by atomic mass is 16.6. The predicted octanol–water partition coefficient (Wildman–Crippen LogP) is 5.32. The number of hydrogen-bond donors (Lipinski definition) is 8. The van der Waals surface area contributed by atoms with Gasteiger partial charge in [-0.05, 0) is 110 Å². The van der Waals surface area contributed by atoms with Crippen LogP contribution in [0.1, 0.15) is 124 Å². The monoisotopic (exact) mass is 902 g/mol. The molecule has 362 valence electrons. The van der Waals surface area contributed by atoms with Gasteiger partial charge in [0.2, 0.25) is 11.8 Å². The van der Waals surface area contributed by atoms with Crippen LogP contribution in [0, 0.1) is 46.3 Å². The van der Waals surface area contributed by atoms with E-state index in [0.717, 1.165) is 60.8 Å². The molecule has 0 saturated heterocycles. The first-order valence-electron chi connectivity index (χ1n) is 24.7. The first kappa shape index (κ1) is 51.3. The second-order valence-corrected chi connectivity index (χ2v) is 20.4. The van der Waals surface area contributed by atoms with E-state index >= 15 is 0 Å². The van der Waals surface area contributed by atoms with Crippen molar-refractivity contribution in [3.63, 3.8) is 0 Å². The molecule has 15 nitrogen and oxygen atoms in total. The standard InChI is InChI=1S/C50H83N11O4/c1-33(2)10-9-11-34(3)40-16-17-41-39-15-14-36-31-38(20-22-49(36,4)42(39)21-23-50(40,41)5)65-48(64)61-37(30-35-12-7-6-8-13-35)32-55-24-25-56-43(45(63)58-27-29-60-47(53)54)18-19-44(62)57-26-28-59-46(51)52/h6-8,12-14,32-34,37-43,56H,9-11,15-31H2,1-5H3,(H,57,62)(H,58,63)(H,61,64)(H4,51,52,59)(H4,53,54,60). The number of carbonyl (C=O) groups excluding carboxylic acids is 3. The zero-order valence-corrected chi connectivity index (χ0v) is 40.2. The molecular weight excluding hydrogens is 819 g/mol. The van der Waals surface area contributed by atoms with Crippen LogP contribution in [0.3, 0.4) is 0 Å². The lowest BCUT2D eigenvalue weighted by Gasteiger charge is -2.58.